The maximum atomic E-state index is 12.5. The summed E-state index contributed by atoms with van der Waals surface area (Å²) in [5, 5.41) is 11.7. The standard InChI is InChI=1S/C23H33N3O5/c1-4-19-7-5-6-10-25(19)22(27)15-31-23(28)18-8-9-20(21(12-18)26(29)30)24-13-16(2)11-17(3)14-24/h8-9,12,16-17,19H,4-7,10-11,13-15H2,1-3H3. The van der Waals surface area contributed by atoms with E-state index in [1.165, 1.54) is 6.07 Å². The molecule has 2 fully saturated rings. The first kappa shape index (κ1) is 23.0. The van der Waals surface area contributed by atoms with Crippen LogP contribution in [-0.4, -0.2) is 54.0 Å². The molecule has 0 spiro atoms. The number of benzene rings is 1. The molecule has 2 aliphatic rings. The fraction of sp³-hybridized carbons (Fsp3) is 0.652. The van der Waals surface area contributed by atoms with Gasteiger partial charge in [0.25, 0.3) is 11.6 Å². The number of rotatable bonds is 6. The number of piperidine rings is 2. The summed E-state index contributed by atoms with van der Waals surface area (Å²) in [5.74, 6) is -0.0303. The van der Waals surface area contributed by atoms with Crippen molar-refractivity contribution < 1.29 is 19.2 Å². The minimum atomic E-state index is -0.714. The van der Waals surface area contributed by atoms with Crippen LogP contribution in [0.15, 0.2) is 18.2 Å². The molecule has 0 N–H and O–H groups in total. The van der Waals surface area contributed by atoms with Crippen molar-refractivity contribution >= 4 is 23.3 Å². The maximum absolute atomic E-state index is 12.5. The van der Waals surface area contributed by atoms with E-state index in [2.05, 4.69) is 13.8 Å². The van der Waals surface area contributed by atoms with Crippen LogP contribution in [0.4, 0.5) is 11.4 Å². The van der Waals surface area contributed by atoms with E-state index in [1.54, 1.807) is 17.0 Å². The van der Waals surface area contributed by atoms with Crippen LogP contribution >= 0.6 is 0 Å². The van der Waals surface area contributed by atoms with Gasteiger partial charge in [0, 0.05) is 31.7 Å². The molecular weight excluding hydrogens is 398 g/mol. The second-order valence-electron chi connectivity index (χ2n) is 9.03. The zero-order chi connectivity index (χ0) is 22.5. The fourth-order valence-corrected chi connectivity index (χ4v) is 4.97. The monoisotopic (exact) mass is 431 g/mol. The summed E-state index contributed by atoms with van der Waals surface area (Å²) in [5.41, 5.74) is 0.506. The molecule has 1 aromatic carbocycles. The van der Waals surface area contributed by atoms with Crippen LogP contribution in [0, 0.1) is 22.0 Å². The highest BCUT2D eigenvalue weighted by atomic mass is 16.6. The number of hydrogen-bond donors (Lipinski definition) is 0. The minimum Gasteiger partial charge on any atom is -0.452 e. The number of hydrogen-bond acceptors (Lipinski definition) is 6. The zero-order valence-electron chi connectivity index (χ0n) is 18.7. The smallest absolute Gasteiger partial charge is 0.338 e. The third-order valence-corrected chi connectivity index (χ3v) is 6.36. The summed E-state index contributed by atoms with van der Waals surface area (Å²) >= 11 is 0. The highest BCUT2D eigenvalue weighted by Crippen LogP contribution is 2.34. The van der Waals surface area contributed by atoms with Gasteiger partial charge in [-0.1, -0.05) is 20.8 Å². The largest absolute Gasteiger partial charge is 0.452 e. The molecule has 3 unspecified atom stereocenters. The Labute approximate surface area is 183 Å². The molecule has 2 heterocycles. The quantitative estimate of drug-likeness (QED) is 0.384. The molecule has 0 bridgehead atoms. The van der Waals surface area contributed by atoms with Gasteiger partial charge in [-0.05, 0) is 56.1 Å². The van der Waals surface area contributed by atoms with Crippen LogP contribution in [0.3, 0.4) is 0 Å². The Hall–Kier alpha value is -2.64. The van der Waals surface area contributed by atoms with E-state index in [0.29, 0.717) is 24.1 Å². The van der Waals surface area contributed by atoms with E-state index in [9.17, 15) is 19.7 Å². The van der Waals surface area contributed by atoms with E-state index in [1.807, 2.05) is 11.8 Å². The Morgan fingerprint density at radius 2 is 1.90 bits per heavy atom. The molecule has 8 heteroatoms. The first-order valence-electron chi connectivity index (χ1n) is 11.3. The lowest BCUT2D eigenvalue weighted by Crippen LogP contribution is -2.45. The SMILES string of the molecule is CCC1CCCCN1C(=O)COC(=O)c1ccc(N2CC(C)CC(C)C2)c([N+](=O)[O-])c1. The van der Waals surface area contributed by atoms with Gasteiger partial charge in [-0.15, -0.1) is 0 Å². The summed E-state index contributed by atoms with van der Waals surface area (Å²) in [7, 11) is 0. The predicted molar refractivity (Wildman–Crippen MR) is 118 cm³/mol. The third-order valence-electron chi connectivity index (χ3n) is 6.36. The zero-order valence-corrected chi connectivity index (χ0v) is 18.7. The first-order chi connectivity index (χ1) is 14.8. The number of nitro benzene ring substituents is 1. The molecule has 1 aromatic rings. The predicted octanol–water partition coefficient (Wildman–Crippen LogP) is 4.03. The molecule has 3 atom stereocenters. The van der Waals surface area contributed by atoms with Crippen molar-refractivity contribution in [3.63, 3.8) is 0 Å². The molecule has 3 rings (SSSR count). The lowest BCUT2D eigenvalue weighted by molar-refractivity contribution is -0.384. The topological polar surface area (TPSA) is 93.0 Å². The number of esters is 1. The van der Waals surface area contributed by atoms with Crippen LogP contribution in [0.5, 0.6) is 0 Å². The van der Waals surface area contributed by atoms with Crippen LogP contribution in [0.25, 0.3) is 0 Å². The molecule has 0 aromatic heterocycles. The Kier molecular flexibility index (Phi) is 7.51. The molecule has 2 saturated heterocycles. The van der Waals surface area contributed by atoms with E-state index >= 15 is 0 Å². The first-order valence-corrected chi connectivity index (χ1v) is 11.3. The van der Waals surface area contributed by atoms with E-state index < -0.39 is 10.9 Å². The van der Waals surface area contributed by atoms with E-state index in [-0.39, 0.29) is 29.8 Å². The van der Waals surface area contributed by atoms with Crippen LogP contribution in [0.1, 0.15) is 63.2 Å². The van der Waals surface area contributed by atoms with E-state index in [4.69, 9.17) is 4.74 Å². The van der Waals surface area contributed by atoms with Crippen molar-refractivity contribution in [2.24, 2.45) is 11.8 Å². The van der Waals surface area contributed by atoms with Gasteiger partial charge < -0.3 is 14.5 Å². The van der Waals surface area contributed by atoms with Gasteiger partial charge in [-0.2, -0.15) is 0 Å². The number of carbonyl (C=O) groups is 2. The number of carbonyl (C=O) groups excluding carboxylic acids is 2. The number of ether oxygens (including phenoxy) is 1. The van der Waals surface area contributed by atoms with Crippen molar-refractivity contribution in [2.45, 2.75) is 58.9 Å². The van der Waals surface area contributed by atoms with Crippen LogP contribution < -0.4 is 4.90 Å². The van der Waals surface area contributed by atoms with E-state index in [0.717, 1.165) is 45.2 Å². The van der Waals surface area contributed by atoms with Gasteiger partial charge >= 0.3 is 5.97 Å². The molecular formula is C23H33N3O5. The van der Waals surface area contributed by atoms with Crippen molar-refractivity contribution in [3.05, 3.63) is 33.9 Å². The summed E-state index contributed by atoms with van der Waals surface area (Å²) in [6, 6.07) is 4.63. The van der Waals surface area contributed by atoms with Crippen molar-refractivity contribution in [3.8, 4) is 0 Å². The number of anilines is 1. The molecule has 0 saturated carbocycles. The molecule has 31 heavy (non-hydrogen) atoms. The Morgan fingerprint density at radius 3 is 2.55 bits per heavy atom. The summed E-state index contributed by atoms with van der Waals surface area (Å²) in [6.45, 7) is 8.17. The van der Waals surface area contributed by atoms with Crippen molar-refractivity contribution in [1.82, 2.24) is 4.90 Å². The van der Waals surface area contributed by atoms with Gasteiger partial charge in [-0.25, -0.2) is 4.79 Å². The highest BCUT2D eigenvalue weighted by Gasteiger charge is 2.29. The van der Waals surface area contributed by atoms with Gasteiger partial charge in [0.15, 0.2) is 6.61 Å². The van der Waals surface area contributed by atoms with Crippen LogP contribution in [0.2, 0.25) is 0 Å². The molecule has 8 nitrogen and oxygen atoms in total. The number of nitrogens with zero attached hydrogens (tertiary/aromatic N) is 3. The maximum Gasteiger partial charge on any atom is 0.338 e. The Morgan fingerprint density at radius 1 is 1.19 bits per heavy atom. The molecule has 0 radical (unpaired) electrons. The average molecular weight is 432 g/mol. The van der Waals surface area contributed by atoms with Gasteiger partial charge in [-0.3, -0.25) is 14.9 Å². The summed E-state index contributed by atoms with van der Waals surface area (Å²) in [4.78, 5) is 40.1. The number of nitro groups is 1. The second kappa shape index (κ2) is 10.1. The van der Waals surface area contributed by atoms with Crippen LogP contribution in [-0.2, 0) is 9.53 Å². The van der Waals surface area contributed by atoms with Crippen molar-refractivity contribution in [2.75, 3.05) is 31.1 Å². The van der Waals surface area contributed by atoms with Gasteiger partial charge in [0.2, 0.25) is 0 Å². The number of amides is 1. The van der Waals surface area contributed by atoms with Gasteiger partial charge in [0.05, 0.1) is 10.5 Å². The average Bonchev–Trinajstić information content (AvgIpc) is 2.76. The Balaban J connectivity index is 1.69. The van der Waals surface area contributed by atoms with Gasteiger partial charge in [0.1, 0.15) is 5.69 Å². The highest BCUT2D eigenvalue weighted by molar-refractivity contribution is 5.93. The molecule has 1 amide bonds. The van der Waals surface area contributed by atoms with Crippen molar-refractivity contribution in [1.29, 1.82) is 0 Å². The third kappa shape index (κ3) is 5.54. The normalized spacial score (nSPS) is 24.0. The summed E-state index contributed by atoms with van der Waals surface area (Å²) in [6.07, 6.45) is 5.00. The molecule has 170 valence electrons. The molecule has 0 aliphatic carbocycles. The Bertz CT molecular complexity index is 817. The summed E-state index contributed by atoms with van der Waals surface area (Å²) < 4.78 is 5.22. The minimum absolute atomic E-state index is 0.0899. The lowest BCUT2D eigenvalue weighted by atomic mass is 9.91. The fourth-order valence-electron chi connectivity index (χ4n) is 4.97. The lowest BCUT2D eigenvalue weighted by Gasteiger charge is -2.36. The second-order valence-corrected chi connectivity index (χ2v) is 9.03. The number of likely N-dealkylation sites (tertiary alicyclic amines) is 1. The molecule has 2 aliphatic heterocycles.